The summed E-state index contributed by atoms with van der Waals surface area (Å²) in [5.41, 5.74) is 6.99. The molecule has 0 radical (unpaired) electrons. The third-order valence-corrected chi connectivity index (χ3v) is 3.59. The molecule has 1 unspecified atom stereocenters. The Morgan fingerprint density at radius 2 is 2.24 bits per heavy atom. The minimum absolute atomic E-state index is 0.0193. The van der Waals surface area contributed by atoms with E-state index in [1.807, 2.05) is 25.2 Å². The summed E-state index contributed by atoms with van der Waals surface area (Å²) in [5, 5.41) is 2.34. The van der Waals surface area contributed by atoms with E-state index in [1.165, 1.54) is 16.9 Å². The summed E-state index contributed by atoms with van der Waals surface area (Å²) in [4.78, 5) is 2.14. The maximum atomic E-state index is 5.95. The minimum atomic E-state index is 0.0193. The smallest absolute Gasteiger partial charge is 0.119 e. The van der Waals surface area contributed by atoms with Crippen LogP contribution in [-0.4, -0.2) is 37.7 Å². The van der Waals surface area contributed by atoms with E-state index in [0.717, 1.165) is 17.1 Å². The van der Waals surface area contributed by atoms with E-state index in [0.29, 0.717) is 6.61 Å². The molecule has 4 nitrogen and oxygen atoms in total. The third-order valence-electron chi connectivity index (χ3n) is 2.60. The van der Waals surface area contributed by atoms with Crippen LogP contribution in [0.3, 0.4) is 0 Å². The van der Waals surface area contributed by atoms with Gasteiger partial charge in [-0.1, -0.05) is 12.1 Å². The fourth-order valence-electron chi connectivity index (χ4n) is 1.85. The highest BCUT2D eigenvalue weighted by molar-refractivity contribution is 7.11. The van der Waals surface area contributed by atoms with Gasteiger partial charge in [0.15, 0.2) is 0 Å². The average Bonchev–Trinajstić information content (AvgIpc) is 2.72. The molecule has 1 atom stereocenters. The van der Waals surface area contributed by atoms with Crippen molar-refractivity contribution in [3.8, 4) is 0 Å². The molecule has 5 heteroatoms. The van der Waals surface area contributed by atoms with Crippen molar-refractivity contribution in [2.45, 2.75) is 6.04 Å². The lowest BCUT2D eigenvalue weighted by atomic mass is 10.2. The quantitative estimate of drug-likeness (QED) is 0.879. The first-order valence-corrected chi connectivity index (χ1v) is 6.29. The summed E-state index contributed by atoms with van der Waals surface area (Å²) in [7, 11) is 3.71. The van der Waals surface area contributed by atoms with Crippen molar-refractivity contribution in [2.75, 3.05) is 32.2 Å². The van der Waals surface area contributed by atoms with Crippen LogP contribution in [0.25, 0.3) is 10.9 Å². The molecule has 0 amide bonds. The zero-order valence-corrected chi connectivity index (χ0v) is 10.9. The zero-order chi connectivity index (χ0) is 12.3. The number of nitrogens with zero attached hydrogens (tertiary/aromatic N) is 2. The number of hydrogen-bond acceptors (Lipinski definition) is 5. The molecule has 0 saturated heterocycles. The van der Waals surface area contributed by atoms with Crippen molar-refractivity contribution in [3.63, 3.8) is 0 Å². The van der Waals surface area contributed by atoms with E-state index in [2.05, 4.69) is 15.3 Å². The first kappa shape index (κ1) is 12.3. The van der Waals surface area contributed by atoms with Crippen molar-refractivity contribution in [3.05, 3.63) is 24.3 Å². The third kappa shape index (κ3) is 2.74. The highest BCUT2D eigenvalue weighted by Gasteiger charge is 2.12. The summed E-state index contributed by atoms with van der Waals surface area (Å²) >= 11 is 1.51. The van der Waals surface area contributed by atoms with Crippen LogP contribution < -0.4 is 10.6 Å². The Labute approximate surface area is 105 Å². The van der Waals surface area contributed by atoms with E-state index < -0.39 is 0 Å². The molecule has 92 valence electrons. The molecule has 0 aliphatic heterocycles. The van der Waals surface area contributed by atoms with Crippen molar-refractivity contribution in [1.29, 1.82) is 0 Å². The van der Waals surface area contributed by atoms with Gasteiger partial charge < -0.3 is 15.4 Å². The molecule has 1 aromatic carbocycles. The van der Waals surface area contributed by atoms with Crippen LogP contribution in [-0.2, 0) is 4.74 Å². The van der Waals surface area contributed by atoms with E-state index in [9.17, 15) is 0 Å². The number of anilines is 1. The van der Waals surface area contributed by atoms with Gasteiger partial charge in [-0.25, -0.2) is 0 Å². The summed E-state index contributed by atoms with van der Waals surface area (Å²) in [6.07, 6.45) is 0. The molecule has 0 aliphatic rings. The van der Waals surface area contributed by atoms with Gasteiger partial charge in [-0.05, 0) is 23.7 Å². The summed E-state index contributed by atoms with van der Waals surface area (Å²) in [6.45, 7) is 1.33. The molecule has 0 saturated carbocycles. The molecule has 17 heavy (non-hydrogen) atoms. The first-order chi connectivity index (χ1) is 8.22. The van der Waals surface area contributed by atoms with Crippen LogP contribution in [0.4, 0.5) is 5.00 Å². The van der Waals surface area contributed by atoms with Gasteiger partial charge in [0, 0.05) is 32.1 Å². The number of benzene rings is 1. The molecular formula is C12H17N3OS. The lowest BCUT2D eigenvalue weighted by molar-refractivity contribution is 0.182. The van der Waals surface area contributed by atoms with Gasteiger partial charge in [-0.15, -0.1) is 0 Å². The molecule has 0 aliphatic carbocycles. The predicted molar refractivity (Wildman–Crippen MR) is 72.7 cm³/mol. The average molecular weight is 251 g/mol. The second-order valence-electron chi connectivity index (χ2n) is 4.10. The molecule has 0 spiro atoms. The van der Waals surface area contributed by atoms with Gasteiger partial charge >= 0.3 is 0 Å². The second kappa shape index (κ2) is 5.44. The van der Waals surface area contributed by atoms with Gasteiger partial charge in [0.05, 0.1) is 12.1 Å². The molecule has 2 aromatic rings. The van der Waals surface area contributed by atoms with Crippen molar-refractivity contribution in [2.24, 2.45) is 5.73 Å². The van der Waals surface area contributed by atoms with Gasteiger partial charge in [0.25, 0.3) is 0 Å². The Hall–Kier alpha value is -1.17. The highest BCUT2D eigenvalue weighted by Crippen LogP contribution is 2.30. The van der Waals surface area contributed by atoms with Gasteiger partial charge in [0.2, 0.25) is 0 Å². The molecule has 1 aromatic heterocycles. The zero-order valence-electron chi connectivity index (χ0n) is 10.1. The molecule has 1 heterocycles. The van der Waals surface area contributed by atoms with Crippen LogP contribution in [0.5, 0.6) is 0 Å². The minimum Gasteiger partial charge on any atom is -0.383 e. The van der Waals surface area contributed by atoms with Crippen LogP contribution in [0.15, 0.2) is 24.3 Å². The lowest BCUT2D eigenvalue weighted by Crippen LogP contribution is -2.38. The highest BCUT2D eigenvalue weighted by atomic mass is 32.1. The Morgan fingerprint density at radius 3 is 3.00 bits per heavy atom. The van der Waals surface area contributed by atoms with Crippen LogP contribution in [0.2, 0.25) is 0 Å². The number of hydrogen-bond donors (Lipinski definition) is 1. The Kier molecular flexibility index (Phi) is 3.93. The van der Waals surface area contributed by atoms with Crippen molar-refractivity contribution < 1.29 is 4.74 Å². The first-order valence-electron chi connectivity index (χ1n) is 5.52. The number of likely N-dealkylation sites (N-methyl/N-ethyl adjacent to an activating group) is 1. The second-order valence-corrected chi connectivity index (χ2v) is 4.85. The SMILES string of the molecule is COCC(N)CN(C)c1snc2ccccc12. The van der Waals surface area contributed by atoms with E-state index in [4.69, 9.17) is 10.5 Å². The van der Waals surface area contributed by atoms with E-state index in [-0.39, 0.29) is 6.04 Å². The summed E-state index contributed by atoms with van der Waals surface area (Å²) in [5.74, 6) is 0. The molecular weight excluding hydrogens is 234 g/mol. The van der Waals surface area contributed by atoms with Crippen LogP contribution >= 0.6 is 11.5 Å². The van der Waals surface area contributed by atoms with Crippen LogP contribution in [0.1, 0.15) is 0 Å². The van der Waals surface area contributed by atoms with Gasteiger partial charge in [0.1, 0.15) is 5.00 Å². The maximum absolute atomic E-state index is 5.95. The number of fused-ring (bicyclic) bond motifs is 1. The monoisotopic (exact) mass is 251 g/mol. The maximum Gasteiger partial charge on any atom is 0.119 e. The lowest BCUT2D eigenvalue weighted by Gasteiger charge is -2.21. The van der Waals surface area contributed by atoms with Crippen LogP contribution in [0, 0.1) is 0 Å². The molecule has 2 N–H and O–H groups in total. The topological polar surface area (TPSA) is 51.4 Å². The Morgan fingerprint density at radius 1 is 1.47 bits per heavy atom. The number of rotatable bonds is 5. The van der Waals surface area contributed by atoms with E-state index in [1.54, 1.807) is 7.11 Å². The molecule has 2 rings (SSSR count). The normalized spacial score (nSPS) is 12.9. The largest absolute Gasteiger partial charge is 0.383 e. The fourth-order valence-corrected chi connectivity index (χ4v) is 2.68. The number of ether oxygens (including phenoxy) is 1. The summed E-state index contributed by atoms with van der Waals surface area (Å²) in [6, 6.07) is 8.17. The van der Waals surface area contributed by atoms with Crippen molar-refractivity contribution >= 4 is 27.4 Å². The van der Waals surface area contributed by atoms with Crippen molar-refractivity contribution in [1.82, 2.24) is 4.37 Å². The van der Waals surface area contributed by atoms with Gasteiger partial charge in [-0.3, -0.25) is 0 Å². The summed E-state index contributed by atoms with van der Waals surface area (Å²) < 4.78 is 9.47. The van der Waals surface area contributed by atoms with Gasteiger partial charge in [-0.2, -0.15) is 4.37 Å². The Balaban J connectivity index is 2.16. The molecule has 0 fully saturated rings. The number of methoxy groups -OCH3 is 1. The number of nitrogens with two attached hydrogens (primary N) is 1. The molecule has 0 bridgehead atoms. The number of aromatic nitrogens is 1. The predicted octanol–water partition coefficient (Wildman–Crippen LogP) is 1.71. The fraction of sp³-hybridized carbons (Fsp3) is 0.417. The standard InChI is InChI=1S/C12H17N3OS/c1-15(7-9(13)8-16-2)12-10-5-3-4-6-11(10)14-17-12/h3-6,9H,7-8,13H2,1-2H3. The Bertz CT molecular complexity index is 485. The van der Waals surface area contributed by atoms with E-state index >= 15 is 0 Å².